The van der Waals surface area contributed by atoms with Crippen LogP contribution in [0.5, 0.6) is 0 Å². The lowest BCUT2D eigenvalue weighted by atomic mass is 10.2. The summed E-state index contributed by atoms with van der Waals surface area (Å²) >= 11 is 0. The first kappa shape index (κ1) is 18.1. The number of ether oxygens (including phenoxy) is 2. The van der Waals surface area contributed by atoms with Gasteiger partial charge in [0.25, 0.3) is 0 Å². The predicted molar refractivity (Wildman–Crippen MR) is 76.2 cm³/mol. The van der Waals surface area contributed by atoms with Gasteiger partial charge in [0.1, 0.15) is 0 Å². The SMILES string of the molecule is C#CCCC(=O)OC(CCCCC)OC(=O)CCC#C. The Hall–Kier alpha value is -1.94. The molecule has 0 aliphatic carbocycles. The number of esters is 2. The molecule has 4 heteroatoms. The molecule has 0 N–H and O–H groups in total. The van der Waals surface area contributed by atoms with Gasteiger partial charge in [-0.25, -0.2) is 0 Å². The number of terminal acetylenes is 2. The Labute approximate surface area is 121 Å². The first-order valence-electron chi connectivity index (χ1n) is 6.89. The van der Waals surface area contributed by atoms with Gasteiger partial charge in [-0.2, -0.15) is 0 Å². The Morgan fingerprint density at radius 3 is 1.90 bits per heavy atom. The average molecular weight is 278 g/mol. The number of hydrogen-bond acceptors (Lipinski definition) is 4. The van der Waals surface area contributed by atoms with Gasteiger partial charge in [0.2, 0.25) is 6.29 Å². The molecular weight excluding hydrogens is 256 g/mol. The van der Waals surface area contributed by atoms with E-state index in [2.05, 4.69) is 18.8 Å². The van der Waals surface area contributed by atoms with Gasteiger partial charge in [0.15, 0.2) is 0 Å². The van der Waals surface area contributed by atoms with Crippen LogP contribution in [0.4, 0.5) is 0 Å². The third kappa shape index (κ3) is 10.0. The maximum Gasteiger partial charge on any atom is 0.309 e. The van der Waals surface area contributed by atoms with E-state index in [4.69, 9.17) is 22.3 Å². The summed E-state index contributed by atoms with van der Waals surface area (Å²) in [4.78, 5) is 23.0. The molecule has 0 radical (unpaired) electrons. The summed E-state index contributed by atoms with van der Waals surface area (Å²) < 4.78 is 10.2. The van der Waals surface area contributed by atoms with Crippen LogP contribution in [0.15, 0.2) is 0 Å². The summed E-state index contributed by atoms with van der Waals surface area (Å²) in [6.45, 7) is 2.06. The summed E-state index contributed by atoms with van der Waals surface area (Å²) in [5.41, 5.74) is 0. The molecule has 0 heterocycles. The molecule has 0 saturated heterocycles. The molecule has 0 spiro atoms. The molecule has 0 aromatic heterocycles. The molecule has 0 aliphatic rings. The molecule has 0 atom stereocenters. The minimum Gasteiger partial charge on any atom is -0.425 e. The highest BCUT2D eigenvalue weighted by atomic mass is 16.7. The number of carbonyl (C=O) groups excluding carboxylic acids is 2. The van der Waals surface area contributed by atoms with E-state index >= 15 is 0 Å². The van der Waals surface area contributed by atoms with Crippen molar-refractivity contribution >= 4 is 11.9 Å². The second kappa shape index (κ2) is 12.1. The quantitative estimate of drug-likeness (QED) is 0.267. The van der Waals surface area contributed by atoms with Crippen molar-refractivity contribution in [3.8, 4) is 24.7 Å². The lowest BCUT2D eigenvalue weighted by molar-refractivity contribution is -0.189. The monoisotopic (exact) mass is 278 g/mol. The van der Waals surface area contributed by atoms with E-state index in [1.54, 1.807) is 0 Å². The van der Waals surface area contributed by atoms with Crippen LogP contribution in [-0.2, 0) is 19.1 Å². The van der Waals surface area contributed by atoms with E-state index in [9.17, 15) is 9.59 Å². The molecule has 4 nitrogen and oxygen atoms in total. The Balaban J connectivity index is 4.25. The number of carbonyl (C=O) groups is 2. The Morgan fingerprint density at radius 2 is 1.50 bits per heavy atom. The van der Waals surface area contributed by atoms with Crippen LogP contribution in [0.3, 0.4) is 0 Å². The maximum absolute atomic E-state index is 11.5. The second-order valence-corrected chi connectivity index (χ2v) is 4.31. The number of rotatable bonds is 10. The molecule has 110 valence electrons. The van der Waals surface area contributed by atoms with Crippen LogP contribution in [0, 0.1) is 24.7 Å². The Kier molecular flexibility index (Phi) is 10.9. The number of unbranched alkanes of at least 4 members (excludes halogenated alkanes) is 2. The highest BCUT2D eigenvalue weighted by Gasteiger charge is 2.18. The van der Waals surface area contributed by atoms with Gasteiger partial charge >= 0.3 is 11.9 Å². The van der Waals surface area contributed by atoms with E-state index in [-0.39, 0.29) is 12.8 Å². The second-order valence-electron chi connectivity index (χ2n) is 4.31. The molecule has 20 heavy (non-hydrogen) atoms. The van der Waals surface area contributed by atoms with Crippen molar-refractivity contribution in [2.45, 2.75) is 64.6 Å². The van der Waals surface area contributed by atoms with Crippen LogP contribution in [-0.4, -0.2) is 18.2 Å². The third-order valence-corrected chi connectivity index (χ3v) is 2.52. The van der Waals surface area contributed by atoms with Crippen molar-refractivity contribution in [2.75, 3.05) is 0 Å². The van der Waals surface area contributed by atoms with E-state index in [0.29, 0.717) is 19.3 Å². The topological polar surface area (TPSA) is 52.6 Å². The van der Waals surface area contributed by atoms with Gasteiger partial charge in [0.05, 0.1) is 12.8 Å². The van der Waals surface area contributed by atoms with Gasteiger partial charge in [-0.15, -0.1) is 24.7 Å². The fraction of sp³-hybridized carbons (Fsp3) is 0.625. The molecule has 0 bridgehead atoms. The largest absolute Gasteiger partial charge is 0.425 e. The van der Waals surface area contributed by atoms with Crippen LogP contribution in [0.2, 0.25) is 0 Å². The average Bonchev–Trinajstić information content (AvgIpc) is 2.43. The zero-order valence-corrected chi connectivity index (χ0v) is 12.0. The molecule has 0 aliphatic heterocycles. The van der Waals surface area contributed by atoms with Gasteiger partial charge in [-0.1, -0.05) is 19.8 Å². The number of hydrogen-bond donors (Lipinski definition) is 0. The highest BCUT2D eigenvalue weighted by molar-refractivity contribution is 5.71. The van der Waals surface area contributed by atoms with E-state index in [1.165, 1.54) is 0 Å². The smallest absolute Gasteiger partial charge is 0.309 e. The van der Waals surface area contributed by atoms with Crippen molar-refractivity contribution in [3.05, 3.63) is 0 Å². The van der Waals surface area contributed by atoms with E-state index in [1.807, 2.05) is 0 Å². The summed E-state index contributed by atoms with van der Waals surface area (Å²) in [5, 5.41) is 0. The molecule has 0 saturated carbocycles. The van der Waals surface area contributed by atoms with Gasteiger partial charge in [-0.05, 0) is 6.42 Å². The van der Waals surface area contributed by atoms with Gasteiger partial charge < -0.3 is 9.47 Å². The summed E-state index contributed by atoms with van der Waals surface area (Å²) in [6.07, 6.45) is 13.5. The van der Waals surface area contributed by atoms with E-state index in [0.717, 1.165) is 19.3 Å². The lowest BCUT2D eigenvalue weighted by Gasteiger charge is -2.18. The van der Waals surface area contributed by atoms with Crippen molar-refractivity contribution in [2.24, 2.45) is 0 Å². The molecule has 0 amide bonds. The fourth-order valence-corrected chi connectivity index (χ4v) is 1.46. The molecule has 0 aromatic rings. The van der Waals surface area contributed by atoms with Crippen molar-refractivity contribution in [1.82, 2.24) is 0 Å². The van der Waals surface area contributed by atoms with Gasteiger partial charge in [0, 0.05) is 19.3 Å². The van der Waals surface area contributed by atoms with Crippen molar-refractivity contribution in [1.29, 1.82) is 0 Å². The zero-order valence-electron chi connectivity index (χ0n) is 12.0. The van der Waals surface area contributed by atoms with Gasteiger partial charge in [-0.3, -0.25) is 9.59 Å². The maximum atomic E-state index is 11.5. The molecule has 0 fully saturated rings. The summed E-state index contributed by atoms with van der Waals surface area (Å²) in [7, 11) is 0. The zero-order chi connectivity index (χ0) is 15.2. The molecular formula is C16H22O4. The Morgan fingerprint density at radius 1 is 1.00 bits per heavy atom. The normalized spacial score (nSPS) is 9.60. The van der Waals surface area contributed by atoms with Crippen LogP contribution in [0.1, 0.15) is 58.3 Å². The van der Waals surface area contributed by atoms with Crippen LogP contribution >= 0.6 is 0 Å². The minimum absolute atomic E-state index is 0.128. The minimum atomic E-state index is -0.836. The standard InChI is InChI=1S/C16H22O4/c1-4-7-10-13-16(19-14(17)11-8-5-2)20-15(18)12-9-6-3/h2-3,16H,4,7-13H2,1H3. The van der Waals surface area contributed by atoms with Crippen molar-refractivity contribution < 1.29 is 19.1 Å². The fourth-order valence-electron chi connectivity index (χ4n) is 1.46. The molecule has 0 aromatic carbocycles. The highest BCUT2D eigenvalue weighted by Crippen LogP contribution is 2.11. The van der Waals surface area contributed by atoms with Crippen molar-refractivity contribution in [3.63, 3.8) is 0 Å². The van der Waals surface area contributed by atoms with Crippen LogP contribution in [0.25, 0.3) is 0 Å². The summed E-state index contributed by atoms with van der Waals surface area (Å²) in [6, 6.07) is 0. The van der Waals surface area contributed by atoms with E-state index < -0.39 is 18.2 Å². The first-order valence-corrected chi connectivity index (χ1v) is 6.89. The van der Waals surface area contributed by atoms with Crippen LogP contribution < -0.4 is 0 Å². The third-order valence-electron chi connectivity index (χ3n) is 2.52. The lowest BCUT2D eigenvalue weighted by Crippen LogP contribution is -2.24. The summed E-state index contributed by atoms with van der Waals surface area (Å²) in [5.74, 6) is 3.82. The Bertz CT molecular complexity index is 341. The first-order chi connectivity index (χ1) is 9.63. The molecule has 0 unspecified atom stereocenters. The predicted octanol–water partition coefficient (Wildman–Crippen LogP) is 2.81. The molecule has 0 rings (SSSR count).